The highest BCUT2D eigenvalue weighted by atomic mass is 16.2. The van der Waals surface area contributed by atoms with Crippen molar-refractivity contribution in [2.24, 2.45) is 0 Å². The van der Waals surface area contributed by atoms with Gasteiger partial charge in [-0.1, -0.05) is 60.7 Å². The topological polar surface area (TPSA) is 208 Å². The van der Waals surface area contributed by atoms with E-state index in [9.17, 15) is 19.2 Å². The molecule has 7 aromatic rings. The fourth-order valence-electron chi connectivity index (χ4n) is 4.73. The molecule has 4 aromatic heterocycles. The molecule has 202 valence electrons. The van der Waals surface area contributed by atoms with Gasteiger partial charge in [-0.05, 0) is 12.1 Å². The van der Waals surface area contributed by atoms with Gasteiger partial charge in [0.15, 0.2) is 11.6 Å². The summed E-state index contributed by atoms with van der Waals surface area (Å²) in [6, 6.07) is 20.0. The van der Waals surface area contributed by atoms with Gasteiger partial charge in [-0.2, -0.15) is 29.9 Å². The van der Waals surface area contributed by atoms with Crippen LogP contribution >= 0.6 is 0 Å². The molecule has 0 fully saturated rings. The largest absolute Gasteiger partial charge is 0.368 e. The fraction of sp³-hybridized carbons (Fsp3) is 0. The number of hydrogen-bond donors (Lipinski definition) is 2. The number of rotatable bonds is 4. The van der Waals surface area contributed by atoms with Crippen molar-refractivity contribution in [1.29, 1.82) is 0 Å². The molecule has 4 heterocycles. The van der Waals surface area contributed by atoms with E-state index in [-0.39, 0.29) is 57.0 Å². The van der Waals surface area contributed by atoms with Crippen molar-refractivity contribution in [3.8, 4) is 34.7 Å². The van der Waals surface area contributed by atoms with Gasteiger partial charge in [-0.3, -0.25) is 19.2 Å². The molecule has 0 spiro atoms. The highest BCUT2D eigenvalue weighted by Crippen LogP contribution is 2.20. The normalized spacial score (nSPS) is 11.4. The predicted octanol–water partition coefficient (Wildman–Crippen LogP) is 0.759. The van der Waals surface area contributed by atoms with Gasteiger partial charge in [0.25, 0.3) is 22.2 Å². The lowest BCUT2D eigenvalue weighted by Crippen LogP contribution is -2.27. The quantitative estimate of drug-likeness (QED) is 0.308. The number of fused-ring (bicyclic) bond motifs is 2. The average molecular weight is 557 g/mol. The molecule has 0 saturated carbocycles. The Balaban J connectivity index is 1.42. The molecule has 14 nitrogen and oxygen atoms in total. The Morgan fingerprint density at radius 1 is 0.452 bits per heavy atom. The maximum Gasteiger partial charge on any atom is 0.268 e. The zero-order valence-electron chi connectivity index (χ0n) is 21.3. The van der Waals surface area contributed by atoms with Crippen LogP contribution in [-0.4, -0.2) is 39.0 Å². The third-order valence-electron chi connectivity index (χ3n) is 6.64. The number of nitrogen functional groups attached to an aromatic ring is 2. The van der Waals surface area contributed by atoms with E-state index >= 15 is 0 Å². The first-order valence-corrected chi connectivity index (χ1v) is 12.4. The Kier molecular flexibility index (Phi) is 5.30. The Labute approximate surface area is 233 Å². The van der Waals surface area contributed by atoms with E-state index in [0.717, 1.165) is 9.13 Å². The average Bonchev–Trinajstić information content (AvgIpc) is 3.39. The summed E-state index contributed by atoms with van der Waals surface area (Å²) in [6.45, 7) is 0. The SMILES string of the molecule is Nc1nc(-c2ccccc2)nc(-n2c(=O)c3cc4c(=O)n(-c5nc(N)nc(-c6ccccc6)n5)c(=O)c4cc3c2=O)n1. The van der Waals surface area contributed by atoms with Crippen molar-refractivity contribution in [2.45, 2.75) is 0 Å². The van der Waals surface area contributed by atoms with Crippen molar-refractivity contribution in [3.05, 3.63) is 114 Å². The molecule has 0 amide bonds. The van der Waals surface area contributed by atoms with Crippen LogP contribution in [0.4, 0.5) is 11.9 Å². The lowest BCUT2D eigenvalue weighted by molar-refractivity contribution is 0.869. The molecule has 0 atom stereocenters. The molecule has 3 aromatic carbocycles. The van der Waals surface area contributed by atoms with E-state index < -0.39 is 22.2 Å². The summed E-state index contributed by atoms with van der Waals surface area (Å²) in [4.78, 5) is 78.6. The van der Waals surface area contributed by atoms with Crippen molar-refractivity contribution in [3.63, 3.8) is 0 Å². The van der Waals surface area contributed by atoms with Gasteiger partial charge in [0.2, 0.25) is 23.8 Å². The smallest absolute Gasteiger partial charge is 0.268 e. The van der Waals surface area contributed by atoms with Gasteiger partial charge in [0.05, 0.1) is 21.5 Å². The number of hydrogen-bond acceptors (Lipinski definition) is 12. The predicted molar refractivity (Wildman–Crippen MR) is 154 cm³/mol. The summed E-state index contributed by atoms with van der Waals surface area (Å²) in [7, 11) is 0. The molecule has 7 rings (SSSR count). The Bertz CT molecular complexity index is 2170. The van der Waals surface area contributed by atoms with Crippen LogP contribution < -0.4 is 33.7 Å². The molecule has 0 saturated heterocycles. The van der Waals surface area contributed by atoms with E-state index in [1.807, 2.05) is 0 Å². The minimum atomic E-state index is -0.795. The van der Waals surface area contributed by atoms with Crippen molar-refractivity contribution >= 4 is 33.4 Å². The zero-order valence-corrected chi connectivity index (χ0v) is 21.3. The van der Waals surface area contributed by atoms with E-state index in [0.29, 0.717) is 11.1 Å². The van der Waals surface area contributed by atoms with E-state index in [2.05, 4.69) is 29.9 Å². The summed E-state index contributed by atoms with van der Waals surface area (Å²) in [5, 5.41) is -0.437. The minimum absolute atomic E-state index is 0.109. The van der Waals surface area contributed by atoms with E-state index in [1.165, 1.54) is 12.1 Å². The molecule has 0 unspecified atom stereocenters. The van der Waals surface area contributed by atoms with Crippen LogP contribution in [0, 0.1) is 0 Å². The molecule has 0 aliphatic heterocycles. The summed E-state index contributed by atoms with van der Waals surface area (Å²) in [5.41, 5.74) is 9.75. The van der Waals surface area contributed by atoms with E-state index in [1.54, 1.807) is 60.7 Å². The fourth-order valence-corrected chi connectivity index (χ4v) is 4.73. The monoisotopic (exact) mass is 556 g/mol. The molecule has 0 aliphatic rings. The first-order chi connectivity index (χ1) is 20.3. The van der Waals surface area contributed by atoms with Gasteiger partial charge < -0.3 is 11.5 Å². The third kappa shape index (κ3) is 3.74. The molecular weight excluding hydrogens is 540 g/mol. The van der Waals surface area contributed by atoms with Crippen LogP contribution in [0.3, 0.4) is 0 Å². The van der Waals surface area contributed by atoms with Gasteiger partial charge in [-0.15, -0.1) is 0 Å². The van der Waals surface area contributed by atoms with Gasteiger partial charge in [0, 0.05) is 11.1 Å². The standard InChI is InChI=1S/C28H16N10O4/c29-25-31-19(13-7-3-1-4-8-13)33-27(35-25)37-21(39)15-11-17-18(12-16(15)22(37)40)24(42)38(23(17)41)28-34-20(32-26(30)36-28)14-9-5-2-6-10-14/h1-12H,(H2,29,31,33,35)(H2,30,32,34,36). The summed E-state index contributed by atoms with van der Waals surface area (Å²) in [6.07, 6.45) is 0. The Morgan fingerprint density at radius 3 is 1.12 bits per heavy atom. The Morgan fingerprint density at radius 2 is 0.786 bits per heavy atom. The van der Waals surface area contributed by atoms with E-state index in [4.69, 9.17) is 11.5 Å². The third-order valence-corrected chi connectivity index (χ3v) is 6.64. The first kappa shape index (κ1) is 24.6. The zero-order chi connectivity index (χ0) is 29.1. The molecule has 0 aliphatic carbocycles. The lowest BCUT2D eigenvalue weighted by Gasteiger charge is -2.04. The number of anilines is 2. The second-order valence-corrected chi connectivity index (χ2v) is 9.20. The highest BCUT2D eigenvalue weighted by Gasteiger charge is 2.24. The second-order valence-electron chi connectivity index (χ2n) is 9.20. The van der Waals surface area contributed by atoms with Crippen LogP contribution in [0.5, 0.6) is 0 Å². The molecule has 4 N–H and O–H groups in total. The van der Waals surface area contributed by atoms with Crippen molar-refractivity contribution < 1.29 is 0 Å². The number of nitrogens with zero attached hydrogens (tertiary/aromatic N) is 8. The molecule has 0 radical (unpaired) electrons. The van der Waals surface area contributed by atoms with Crippen LogP contribution in [0.2, 0.25) is 0 Å². The van der Waals surface area contributed by atoms with Crippen LogP contribution in [0.25, 0.3) is 56.2 Å². The second kappa shape index (κ2) is 9.06. The van der Waals surface area contributed by atoms with Crippen LogP contribution in [0.15, 0.2) is 92.0 Å². The molecule has 42 heavy (non-hydrogen) atoms. The molecule has 0 bridgehead atoms. The first-order valence-electron chi connectivity index (χ1n) is 12.4. The van der Waals surface area contributed by atoms with Gasteiger partial charge in [0.1, 0.15) is 0 Å². The van der Waals surface area contributed by atoms with Crippen molar-refractivity contribution in [1.82, 2.24) is 39.0 Å². The highest BCUT2D eigenvalue weighted by molar-refractivity contribution is 5.98. The Hall–Kier alpha value is -6.44. The summed E-state index contributed by atoms with van der Waals surface area (Å²) < 4.78 is 1.46. The van der Waals surface area contributed by atoms with Gasteiger partial charge >= 0.3 is 0 Å². The van der Waals surface area contributed by atoms with Gasteiger partial charge in [-0.25, -0.2) is 9.13 Å². The van der Waals surface area contributed by atoms with Crippen molar-refractivity contribution in [2.75, 3.05) is 11.5 Å². The number of nitrogens with two attached hydrogens (primary N) is 2. The number of aromatic nitrogens is 8. The molecule has 14 heteroatoms. The molecular formula is C28H16N10O4. The number of benzene rings is 3. The van der Waals surface area contributed by atoms with Crippen LogP contribution in [-0.2, 0) is 0 Å². The maximum atomic E-state index is 13.5. The minimum Gasteiger partial charge on any atom is -0.368 e. The summed E-state index contributed by atoms with van der Waals surface area (Å²) >= 11 is 0. The lowest BCUT2D eigenvalue weighted by atomic mass is 10.1. The maximum absolute atomic E-state index is 13.5. The van der Waals surface area contributed by atoms with Crippen LogP contribution in [0.1, 0.15) is 0 Å². The summed E-state index contributed by atoms with van der Waals surface area (Å²) in [5.74, 6) is -0.674.